The summed E-state index contributed by atoms with van der Waals surface area (Å²) >= 11 is 0. The van der Waals surface area contributed by atoms with Gasteiger partial charge in [0.1, 0.15) is 18.1 Å². The lowest BCUT2D eigenvalue weighted by Crippen LogP contribution is -2.13. The van der Waals surface area contributed by atoms with Crippen LogP contribution in [0.4, 0.5) is 26.3 Å². The van der Waals surface area contributed by atoms with Crippen LogP contribution in [0.25, 0.3) is 0 Å². The molecule has 25 heavy (non-hydrogen) atoms. The maximum absolute atomic E-state index is 12.8. The van der Waals surface area contributed by atoms with Crippen molar-refractivity contribution >= 4 is 0 Å². The van der Waals surface area contributed by atoms with Gasteiger partial charge in [0.2, 0.25) is 0 Å². The van der Waals surface area contributed by atoms with Crippen molar-refractivity contribution < 1.29 is 35.8 Å². The molecule has 136 valence electrons. The van der Waals surface area contributed by atoms with Crippen molar-refractivity contribution in [3.63, 3.8) is 0 Å². The SMILES string of the molecule is COc1ccc(C(F)(F)F)cc1COc1ccccc1CC(F)(F)F. The molecule has 2 rings (SSSR count). The zero-order valence-electron chi connectivity index (χ0n) is 13.0. The van der Waals surface area contributed by atoms with Crippen molar-refractivity contribution in [2.75, 3.05) is 7.11 Å². The molecule has 0 fully saturated rings. The Balaban J connectivity index is 2.24. The molecule has 0 saturated heterocycles. The van der Waals surface area contributed by atoms with E-state index in [1.807, 2.05) is 0 Å². The third-order valence-corrected chi connectivity index (χ3v) is 3.35. The number of rotatable bonds is 5. The van der Waals surface area contributed by atoms with Crippen LogP contribution in [0, 0.1) is 0 Å². The Morgan fingerprint density at radius 3 is 2.12 bits per heavy atom. The number of halogens is 6. The predicted molar refractivity (Wildman–Crippen MR) is 78.5 cm³/mol. The first-order chi connectivity index (χ1) is 11.6. The van der Waals surface area contributed by atoms with Gasteiger partial charge in [-0.1, -0.05) is 18.2 Å². The van der Waals surface area contributed by atoms with Gasteiger partial charge in [0.15, 0.2) is 0 Å². The topological polar surface area (TPSA) is 18.5 Å². The number of hydrogen-bond donors (Lipinski definition) is 0. The lowest BCUT2D eigenvalue weighted by Gasteiger charge is -2.16. The van der Waals surface area contributed by atoms with Crippen LogP contribution in [0.5, 0.6) is 11.5 Å². The van der Waals surface area contributed by atoms with E-state index < -0.39 is 24.3 Å². The van der Waals surface area contributed by atoms with Crippen molar-refractivity contribution in [3.8, 4) is 11.5 Å². The number of benzene rings is 2. The second-order valence-electron chi connectivity index (χ2n) is 5.21. The Morgan fingerprint density at radius 2 is 1.52 bits per heavy atom. The Labute approximate surface area is 140 Å². The van der Waals surface area contributed by atoms with Crippen LogP contribution in [-0.2, 0) is 19.2 Å². The Bertz CT molecular complexity index is 722. The first-order valence-corrected chi connectivity index (χ1v) is 7.12. The molecule has 0 saturated carbocycles. The van der Waals surface area contributed by atoms with Gasteiger partial charge >= 0.3 is 12.4 Å². The zero-order chi connectivity index (χ0) is 18.7. The highest BCUT2D eigenvalue weighted by Gasteiger charge is 2.31. The van der Waals surface area contributed by atoms with E-state index in [2.05, 4.69) is 0 Å². The summed E-state index contributed by atoms with van der Waals surface area (Å²) in [7, 11) is 1.28. The molecule has 0 amide bonds. The fourth-order valence-electron chi connectivity index (χ4n) is 2.23. The van der Waals surface area contributed by atoms with Crippen molar-refractivity contribution in [1.29, 1.82) is 0 Å². The van der Waals surface area contributed by atoms with Crippen LogP contribution in [0.3, 0.4) is 0 Å². The zero-order valence-corrected chi connectivity index (χ0v) is 13.0. The summed E-state index contributed by atoms with van der Waals surface area (Å²) < 4.78 is 86.5. The highest BCUT2D eigenvalue weighted by Crippen LogP contribution is 2.33. The van der Waals surface area contributed by atoms with Crippen molar-refractivity contribution in [3.05, 3.63) is 59.2 Å². The lowest BCUT2D eigenvalue weighted by molar-refractivity contribution is -0.137. The fourth-order valence-corrected chi connectivity index (χ4v) is 2.23. The standard InChI is InChI=1S/C17H14F6O2/c1-24-14-7-6-13(17(21,22)23)8-12(14)10-25-15-5-3-2-4-11(15)9-16(18,19)20/h2-8H,9-10H2,1H3. The molecule has 0 aromatic heterocycles. The van der Waals surface area contributed by atoms with Gasteiger partial charge in [0, 0.05) is 11.1 Å². The van der Waals surface area contributed by atoms with Gasteiger partial charge in [0.25, 0.3) is 0 Å². The van der Waals surface area contributed by atoms with Crippen LogP contribution in [0.1, 0.15) is 16.7 Å². The maximum Gasteiger partial charge on any atom is 0.416 e. The highest BCUT2D eigenvalue weighted by molar-refractivity contribution is 5.39. The molecule has 0 unspecified atom stereocenters. The second kappa shape index (κ2) is 7.25. The summed E-state index contributed by atoms with van der Waals surface area (Å²) in [6.45, 7) is -0.359. The second-order valence-corrected chi connectivity index (χ2v) is 5.21. The van der Waals surface area contributed by atoms with E-state index >= 15 is 0 Å². The van der Waals surface area contributed by atoms with Gasteiger partial charge in [-0.15, -0.1) is 0 Å². The monoisotopic (exact) mass is 364 g/mol. The minimum absolute atomic E-state index is 0.0423. The first-order valence-electron chi connectivity index (χ1n) is 7.12. The van der Waals surface area contributed by atoms with Crippen LogP contribution in [0.15, 0.2) is 42.5 Å². The molecule has 0 spiro atoms. The van der Waals surface area contributed by atoms with Gasteiger partial charge in [0.05, 0.1) is 19.1 Å². The van der Waals surface area contributed by atoms with E-state index in [1.54, 1.807) is 0 Å². The maximum atomic E-state index is 12.8. The molecule has 2 nitrogen and oxygen atoms in total. The molecule has 8 heteroatoms. The van der Waals surface area contributed by atoms with Crippen LogP contribution >= 0.6 is 0 Å². The van der Waals surface area contributed by atoms with Crippen LogP contribution in [0.2, 0.25) is 0 Å². The summed E-state index contributed by atoms with van der Waals surface area (Å²) in [4.78, 5) is 0. The average molecular weight is 364 g/mol. The average Bonchev–Trinajstić information content (AvgIpc) is 2.51. The molecule has 2 aromatic carbocycles. The number of para-hydroxylation sites is 1. The number of hydrogen-bond acceptors (Lipinski definition) is 2. The third-order valence-electron chi connectivity index (χ3n) is 3.35. The Hall–Kier alpha value is -2.38. The predicted octanol–water partition coefficient (Wildman–Crippen LogP) is 5.40. The molecule has 0 heterocycles. The molecule has 0 aliphatic rings. The summed E-state index contributed by atoms with van der Waals surface area (Å²) in [5, 5.41) is 0. The fraction of sp³-hybridized carbons (Fsp3) is 0.294. The van der Waals surface area contributed by atoms with Crippen molar-refractivity contribution in [2.45, 2.75) is 25.4 Å². The minimum atomic E-state index is -4.55. The molecular weight excluding hydrogens is 350 g/mol. The molecule has 0 bridgehead atoms. The molecule has 0 N–H and O–H groups in total. The smallest absolute Gasteiger partial charge is 0.416 e. The molecule has 0 aliphatic carbocycles. The van der Waals surface area contributed by atoms with E-state index in [0.29, 0.717) is 0 Å². The summed E-state index contributed by atoms with van der Waals surface area (Å²) in [5.74, 6) is 0.112. The Kier molecular flexibility index (Phi) is 5.49. The molecule has 0 radical (unpaired) electrons. The first kappa shape index (κ1) is 19.0. The van der Waals surface area contributed by atoms with Gasteiger partial charge < -0.3 is 9.47 Å². The highest BCUT2D eigenvalue weighted by atomic mass is 19.4. The van der Waals surface area contributed by atoms with Crippen molar-refractivity contribution in [1.82, 2.24) is 0 Å². The molecule has 2 aromatic rings. The largest absolute Gasteiger partial charge is 0.496 e. The number of alkyl halides is 6. The number of methoxy groups -OCH3 is 1. The van der Waals surface area contributed by atoms with Crippen LogP contribution < -0.4 is 9.47 Å². The lowest BCUT2D eigenvalue weighted by atomic mass is 10.1. The summed E-state index contributed by atoms with van der Waals surface area (Å²) in [5.41, 5.74) is -0.907. The van der Waals surface area contributed by atoms with Crippen LogP contribution in [-0.4, -0.2) is 13.3 Å². The van der Waals surface area contributed by atoms with Gasteiger partial charge in [-0.25, -0.2) is 0 Å². The quantitative estimate of drug-likeness (QED) is 0.662. The normalized spacial score (nSPS) is 12.1. The minimum Gasteiger partial charge on any atom is -0.496 e. The van der Waals surface area contributed by atoms with Gasteiger partial charge in [-0.05, 0) is 24.3 Å². The van der Waals surface area contributed by atoms with E-state index in [4.69, 9.17) is 9.47 Å². The van der Waals surface area contributed by atoms with E-state index in [0.717, 1.165) is 18.2 Å². The summed E-state index contributed by atoms with van der Waals surface area (Å²) in [6, 6.07) is 8.36. The van der Waals surface area contributed by atoms with Crippen molar-refractivity contribution in [2.24, 2.45) is 0 Å². The Morgan fingerprint density at radius 1 is 0.840 bits per heavy atom. The van der Waals surface area contributed by atoms with E-state index in [9.17, 15) is 26.3 Å². The van der Waals surface area contributed by atoms with E-state index in [1.165, 1.54) is 31.4 Å². The number of ether oxygens (including phenoxy) is 2. The molecule has 0 atom stereocenters. The molecule has 0 aliphatic heterocycles. The van der Waals surface area contributed by atoms with Gasteiger partial charge in [-0.2, -0.15) is 26.3 Å². The van der Waals surface area contributed by atoms with Gasteiger partial charge in [-0.3, -0.25) is 0 Å². The third kappa shape index (κ3) is 5.30. The summed E-state index contributed by atoms with van der Waals surface area (Å²) in [6.07, 6.45) is -10.2. The van der Waals surface area contributed by atoms with E-state index in [-0.39, 0.29) is 29.2 Å². The molecular formula is C17H14F6O2.